The molecule has 0 spiro atoms. The molecule has 0 rings (SSSR count). The Labute approximate surface area is 41.2 Å². The SMILES string of the molecule is [3H]C([3H])([3H])CCC([3H])([3H])C. The van der Waals surface area contributed by atoms with Crippen LogP contribution >= 0.6 is 0 Å². The van der Waals surface area contributed by atoms with Crippen LogP contribution in [0.15, 0.2) is 0 Å². The lowest BCUT2D eigenvalue weighted by molar-refractivity contribution is 0.772. The average Bonchev–Trinajstić information content (AvgIpc) is 1.57. The lowest BCUT2D eigenvalue weighted by Gasteiger charge is -1.79. The Balaban J connectivity index is 3.56. The summed E-state index contributed by atoms with van der Waals surface area (Å²) in [7, 11) is 0. The molecule has 5 heavy (non-hydrogen) atoms. The number of rotatable bonds is 2. The lowest BCUT2D eigenvalue weighted by atomic mass is 10.3. The number of hydrogen-bond donors (Lipinski definition) is 0. The quantitative estimate of drug-likeness (QED) is 0.479. The van der Waals surface area contributed by atoms with E-state index in [1.807, 2.05) is 0 Å². The van der Waals surface area contributed by atoms with E-state index >= 15 is 0 Å². The van der Waals surface area contributed by atoms with E-state index in [9.17, 15) is 0 Å². The van der Waals surface area contributed by atoms with E-state index in [-0.39, 0.29) is 12.8 Å². The summed E-state index contributed by atoms with van der Waals surface area (Å²) in [5.41, 5.74) is 0. The molecule has 0 heterocycles. The van der Waals surface area contributed by atoms with Crippen molar-refractivity contribution in [2.75, 3.05) is 0 Å². The molecule has 32 valence electrons. The summed E-state index contributed by atoms with van der Waals surface area (Å²) < 4.78 is 34.4. The van der Waals surface area contributed by atoms with Gasteiger partial charge < -0.3 is 0 Å². The molecule has 0 bridgehead atoms. The van der Waals surface area contributed by atoms with Crippen LogP contribution in [0.1, 0.15) is 39.8 Å². The fourth-order valence-electron chi connectivity index (χ4n) is 0.125. The highest BCUT2D eigenvalue weighted by molar-refractivity contribution is 4.24. The van der Waals surface area contributed by atoms with Crippen molar-refractivity contribution in [2.45, 2.75) is 33.0 Å². The summed E-state index contributed by atoms with van der Waals surface area (Å²) in [4.78, 5) is 0. The predicted molar refractivity (Wildman–Crippen MR) is 25.2 cm³/mol. The molecule has 0 nitrogen and oxygen atoms in total. The van der Waals surface area contributed by atoms with Crippen molar-refractivity contribution < 1.29 is 6.85 Å². The van der Waals surface area contributed by atoms with Gasteiger partial charge in [-0.05, 0) is 0 Å². The van der Waals surface area contributed by atoms with Gasteiger partial charge in [0.1, 0.15) is 0 Å². The van der Waals surface area contributed by atoms with Crippen molar-refractivity contribution in [3.63, 3.8) is 0 Å². The van der Waals surface area contributed by atoms with Gasteiger partial charge in [0.25, 0.3) is 0 Å². The molecule has 0 aliphatic heterocycles. The first-order valence-electron chi connectivity index (χ1n) is 4.21. The first-order chi connectivity index (χ1) is 4.21. The zero-order valence-electron chi connectivity index (χ0n) is 8.41. The number of hydrogen-bond acceptors (Lipinski definition) is 0. The fourth-order valence-corrected chi connectivity index (χ4v) is 0.125. The highest BCUT2D eigenvalue weighted by Gasteiger charge is 1.68. The third-order valence-corrected chi connectivity index (χ3v) is 0.375. The molecule has 0 amide bonds. The van der Waals surface area contributed by atoms with E-state index in [0.717, 1.165) is 0 Å². The van der Waals surface area contributed by atoms with Crippen LogP contribution in [-0.4, -0.2) is 0 Å². The van der Waals surface area contributed by atoms with Crippen molar-refractivity contribution in [3.8, 4) is 0 Å². The molecule has 0 aromatic rings. The van der Waals surface area contributed by atoms with Gasteiger partial charge in [-0.15, -0.1) is 0 Å². The van der Waals surface area contributed by atoms with Crippen LogP contribution in [0.3, 0.4) is 0 Å². The second kappa shape index (κ2) is 4.00. The Morgan fingerprint density at radius 3 is 3.00 bits per heavy atom. The Morgan fingerprint density at radius 2 is 2.80 bits per heavy atom. The maximum atomic E-state index is 7.03. The van der Waals surface area contributed by atoms with E-state index in [0.29, 0.717) is 0 Å². The van der Waals surface area contributed by atoms with Crippen LogP contribution in [0.5, 0.6) is 0 Å². The molecule has 0 saturated heterocycles. The van der Waals surface area contributed by atoms with Crippen molar-refractivity contribution in [3.05, 3.63) is 0 Å². The first kappa shape index (κ1) is 0.988. The maximum absolute atomic E-state index is 7.03. The molecule has 0 aliphatic rings. The Bertz CT molecular complexity index is 83.6. The summed E-state index contributed by atoms with van der Waals surface area (Å²) in [6.45, 7) is -0.595. The Hall–Kier alpha value is 0. The van der Waals surface area contributed by atoms with Crippen molar-refractivity contribution in [2.24, 2.45) is 0 Å². The van der Waals surface area contributed by atoms with Crippen LogP contribution in [-0.2, 0) is 0 Å². The largest absolute Gasteiger partial charge is 0.0654 e. The molecule has 0 aliphatic carbocycles. The summed E-state index contributed by atoms with van der Waals surface area (Å²) in [5, 5.41) is 0. The van der Waals surface area contributed by atoms with Gasteiger partial charge in [0, 0.05) is 6.85 Å². The zero-order valence-corrected chi connectivity index (χ0v) is 3.41. The smallest absolute Gasteiger partial charge is 0.0264 e. The molecule has 0 atom stereocenters. The maximum Gasteiger partial charge on any atom is 0.0264 e. The normalized spacial score (nSPS) is 28.6. The van der Waals surface area contributed by atoms with E-state index in [4.69, 9.17) is 6.85 Å². The van der Waals surface area contributed by atoms with Gasteiger partial charge in [0.2, 0.25) is 0 Å². The molecule has 0 fully saturated rings. The van der Waals surface area contributed by atoms with Crippen LogP contribution < -0.4 is 0 Å². The molecular formula is C5H12. The van der Waals surface area contributed by atoms with E-state index < -0.39 is 13.2 Å². The molecule has 0 radical (unpaired) electrons. The van der Waals surface area contributed by atoms with Gasteiger partial charge in [-0.1, -0.05) is 33.0 Å². The monoisotopic (exact) mass is 82.1 g/mol. The average molecular weight is 82.2 g/mol. The predicted octanol–water partition coefficient (Wildman–Crippen LogP) is 2.20. The summed E-state index contributed by atoms with van der Waals surface area (Å²) >= 11 is 0. The van der Waals surface area contributed by atoms with Gasteiger partial charge in [0.15, 0.2) is 0 Å². The standard InChI is InChI=1S/C5H12/c1-3-5-4-2/h3-5H2,1-2H3/i1T3,4T2. The molecule has 0 unspecified atom stereocenters. The van der Waals surface area contributed by atoms with Crippen LogP contribution in [0.25, 0.3) is 0 Å². The Kier molecular flexibility index (Phi) is 0.790. The first-order valence-corrected chi connectivity index (χ1v) is 1.71. The molecule has 0 aromatic heterocycles. The molecule has 0 aromatic carbocycles. The third kappa shape index (κ3) is 4.00. The van der Waals surface area contributed by atoms with E-state index in [1.54, 1.807) is 0 Å². The second-order valence-electron chi connectivity index (χ2n) is 0.854. The van der Waals surface area contributed by atoms with Crippen LogP contribution in [0.2, 0.25) is 0 Å². The summed E-state index contributed by atoms with van der Waals surface area (Å²) in [6, 6.07) is 0. The van der Waals surface area contributed by atoms with Gasteiger partial charge in [0.05, 0.1) is 0 Å². The fraction of sp³-hybridized carbons (Fsp3) is 1.00. The van der Waals surface area contributed by atoms with E-state index in [2.05, 4.69) is 0 Å². The van der Waals surface area contributed by atoms with Gasteiger partial charge >= 0.3 is 0 Å². The third-order valence-electron chi connectivity index (χ3n) is 0.375. The van der Waals surface area contributed by atoms with Gasteiger partial charge in [-0.2, -0.15) is 0 Å². The molecule has 0 saturated carbocycles. The summed E-state index contributed by atoms with van der Waals surface area (Å²) in [5.74, 6) is 0. The van der Waals surface area contributed by atoms with Gasteiger partial charge in [-0.3, -0.25) is 0 Å². The minimum absolute atomic E-state index is 0.0451. The van der Waals surface area contributed by atoms with Gasteiger partial charge in [-0.25, -0.2) is 0 Å². The minimum atomic E-state index is -1.98. The van der Waals surface area contributed by atoms with Crippen molar-refractivity contribution >= 4 is 0 Å². The van der Waals surface area contributed by atoms with E-state index in [1.165, 1.54) is 6.92 Å². The zero-order chi connectivity index (χ0) is 8.41. The van der Waals surface area contributed by atoms with Crippen molar-refractivity contribution in [1.82, 2.24) is 0 Å². The lowest BCUT2D eigenvalue weighted by Crippen LogP contribution is -1.59. The van der Waals surface area contributed by atoms with Crippen molar-refractivity contribution in [1.29, 1.82) is 0 Å². The Morgan fingerprint density at radius 1 is 2.00 bits per heavy atom. The highest BCUT2D eigenvalue weighted by atomic mass is 13.7. The minimum Gasteiger partial charge on any atom is -0.0654 e. The summed E-state index contributed by atoms with van der Waals surface area (Å²) in [6.07, 6.45) is -1.30. The topological polar surface area (TPSA) is 0 Å². The highest BCUT2D eigenvalue weighted by Crippen LogP contribution is 1.88. The molecule has 0 N–H and O–H groups in total. The second-order valence-corrected chi connectivity index (χ2v) is 0.854. The molecule has 0 heteroatoms. The molecular weight excluding hydrogens is 60.1 g/mol. The van der Waals surface area contributed by atoms with Crippen LogP contribution in [0.4, 0.5) is 0 Å². The van der Waals surface area contributed by atoms with Crippen LogP contribution in [0, 0.1) is 0 Å².